The van der Waals surface area contributed by atoms with Gasteiger partial charge in [-0.05, 0) is 19.4 Å². The number of ether oxygens (including phenoxy) is 1. The first-order valence-corrected chi connectivity index (χ1v) is 3.73. The molecule has 1 rings (SSSR count). The Kier molecular flexibility index (Phi) is 2.46. The van der Waals surface area contributed by atoms with Crippen LogP contribution in [0.1, 0.15) is 11.3 Å². The molecule has 0 aliphatic carbocycles. The van der Waals surface area contributed by atoms with E-state index in [9.17, 15) is 10.1 Å². The van der Waals surface area contributed by atoms with Crippen LogP contribution >= 0.6 is 0 Å². The lowest BCUT2D eigenvalue weighted by Gasteiger charge is -2.03. The minimum Gasteiger partial charge on any atom is -0.476 e. The summed E-state index contributed by atoms with van der Waals surface area (Å²) in [6.07, 6.45) is 0. The molecule has 0 atom stereocenters. The van der Waals surface area contributed by atoms with Gasteiger partial charge in [-0.1, -0.05) is 0 Å². The minimum atomic E-state index is -0.502. The molecule has 5 heteroatoms. The van der Waals surface area contributed by atoms with E-state index in [1.54, 1.807) is 13.8 Å². The molecule has 5 nitrogen and oxygen atoms in total. The number of rotatable bonds is 2. The Morgan fingerprint density at radius 3 is 2.62 bits per heavy atom. The van der Waals surface area contributed by atoms with Crippen molar-refractivity contribution in [1.29, 1.82) is 0 Å². The number of nitro groups is 1. The van der Waals surface area contributed by atoms with Crippen LogP contribution in [-0.2, 0) is 0 Å². The second kappa shape index (κ2) is 3.38. The van der Waals surface area contributed by atoms with Gasteiger partial charge in [0.15, 0.2) is 0 Å². The first kappa shape index (κ1) is 9.44. The van der Waals surface area contributed by atoms with Crippen molar-refractivity contribution < 1.29 is 9.66 Å². The van der Waals surface area contributed by atoms with Gasteiger partial charge in [0.25, 0.3) is 5.88 Å². The van der Waals surface area contributed by atoms with Gasteiger partial charge in [0, 0.05) is 11.8 Å². The Morgan fingerprint density at radius 1 is 1.54 bits per heavy atom. The van der Waals surface area contributed by atoms with E-state index in [4.69, 9.17) is 4.74 Å². The molecule has 1 heterocycles. The number of hydrogen-bond donors (Lipinski definition) is 0. The van der Waals surface area contributed by atoms with Crippen LogP contribution in [0.5, 0.6) is 5.88 Å². The molecule has 0 aliphatic rings. The van der Waals surface area contributed by atoms with Gasteiger partial charge < -0.3 is 4.74 Å². The zero-order chi connectivity index (χ0) is 10.0. The molecule has 13 heavy (non-hydrogen) atoms. The number of nitrogens with zero attached hydrogens (tertiary/aromatic N) is 2. The smallest absolute Gasteiger partial charge is 0.331 e. The summed E-state index contributed by atoms with van der Waals surface area (Å²) >= 11 is 0. The Hall–Kier alpha value is -1.65. The van der Waals surface area contributed by atoms with Crippen molar-refractivity contribution in [1.82, 2.24) is 4.98 Å². The molecule has 0 saturated carbocycles. The molecule has 1 aromatic rings. The summed E-state index contributed by atoms with van der Waals surface area (Å²) in [6.45, 7) is 3.55. The Labute approximate surface area is 75.5 Å². The largest absolute Gasteiger partial charge is 0.476 e. The molecule has 1 aromatic heterocycles. The van der Waals surface area contributed by atoms with Crippen LogP contribution in [0.4, 0.5) is 5.69 Å². The van der Waals surface area contributed by atoms with Crippen molar-refractivity contribution in [3.05, 3.63) is 27.4 Å². The fourth-order valence-corrected chi connectivity index (χ4v) is 0.950. The number of aromatic nitrogens is 1. The summed E-state index contributed by atoms with van der Waals surface area (Å²) in [5, 5.41) is 10.5. The predicted molar refractivity (Wildman–Crippen MR) is 46.9 cm³/mol. The lowest BCUT2D eigenvalue weighted by molar-refractivity contribution is -0.386. The number of hydrogen-bond acceptors (Lipinski definition) is 4. The van der Waals surface area contributed by atoms with Crippen LogP contribution in [0.2, 0.25) is 0 Å². The lowest BCUT2D eigenvalue weighted by Crippen LogP contribution is -1.99. The highest BCUT2D eigenvalue weighted by atomic mass is 16.6. The third-order valence-corrected chi connectivity index (χ3v) is 1.80. The van der Waals surface area contributed by atoms with Crippen molar-refractivity contribution in [2.45, 2.75) is 13.8 Å². The van der Waals surface area contributed by atoms with Gasteiger partial charge in [-0.3, -0.25) is 10.1 Å². The number of methoxy groups -OCH3 is 1. The molecule has 0 aromatic carbocycles. The molecule has 0 saturated heterocycles. The molecule has 0 aliphatic heterocycles. The summed E-state index contributed by atoms with van der Waals surface area (Å²) in [6, 6.07) is 1.46. The molecule has 70 valence electrons. The highest BCUT2D eigenvalue weighted by Crippen LogP contribution is 2.25. The average molecular weight is 182 g/mol. The van der Waals surface area contributed by atoms with E-state index < -0.39 is 4.92 Å². The standard InChI is InChI=1S/C8H10N2O3/c1-5-4-7(10(11)12)8(13-3)9-6(5)2/h4H,1-3H3. The van der Waals surface area contributed by atoms with Gasteiger partial charge in [0.05, 0.1) is 12.0 Å². The molecule has 0 unspecified atom stereocenters. The van der Waals surface area contributed by atoms with E-state index in [-0.39, 0.29) is 11.6 Å². The van der Waals surface area contributed by atoms with Crippen molar-refractivity contribution >= 4 is 5.69 Å². The zero-order valence-electron chi connectivity index (χ0n) is 7.70. The second-order valence-corrected chi connectivity index (χ2v) is 2.68. The first-order valence-electron chi connectivity index (χ1n) is 3.73. The maximum atomic E-state index is 10.5. The Morgan fingerprint density at radius 2 is 2.15 bits per heavy atom. The van der Waals surface area contributed by atoms with Gasteiger partial charge in [0.2, 0.25) is 0 Å². The van der Waals surface area contributed by atoms with E-state index in [1.807, 2.05) is 0 Å². The van der Waals surface area contributed by atoms with Crippen LogP contribution in [-0.4, -0.2) is 17.0 Å². The highest BCUT2D eigenvalue weighted by Gasteiger charge is 2.17. The minimum absolute atomic E-state index is 0.0631. The number of aryl methyl sites for hydroxylation is 2. The molecule has 0 fully saturated rings. The van der Waals surface area contributed by atoms with Crippen LogP contribution < -0.4 is 4.74 Å². The zero-order valence-corrected chi connectivity index (χ0v) is 7.70. The maximum Gasteiger partial charge on any atom is 0.331 e. The van der Waals surface area contributed by atoms with E-state index >= 15 is 0 Å². The molecule has 0 radical (unpaired) electrons. The molecule has 0 amide bonds. The summed E-state index contributed by atoms with van der Waals surface area (Å²) in [5.41, 5.74) is 1.43. The Balaban J connectivity index is 3.33. The number of pyridine rings is 1. The van der Waals surface area contributed by atoms with Gasteiger partial charge in [-0.25, -0.2) is 4.98 Å². The van der Waals surface area contributed by atoms with Crippen molar-refractivity contribution in [3.8, 4) is 5.88 Å². The monoisotopic (exact) mass is 182 g/mol. The van der Waals surface area contributed by atoms with Crippen molar-refractivity contribution in [2.75, 3.05) is 7.11 Å². The van der Waals surface area contributed by atoms with Crippen molar-refractivity contribution in [2.24, 2.45) is 0 Å². The summed E-state index contributed by atoms with van der Waals surface area (Å²) in [7, 11) is 1.37. The van der Waals surface area contributed by atoms with Gasteiger partial charge in [-0.2, -0.15) is 0 Å². The molecular weight excluding hydrogens is 172 g/mol. The Bertz CT molecular complexity index is 349. The maximum absolute atomic E-state index is 10.5. The second-order valence-electron chi connectivity index (χ2n) is 2.68. The summed E-state index contributed by atoms with van der Waals surface area (Å²) in [5.74, 6) is 0.0631. The quantitative estimate of drug-likeness (QED) is 0.514. The topological polar surface area (TPSA) is 65.3 Å². The molecule has 0 spiro atoms. The summed E-state index contributed by atoms with van der Waals surface area (Å²) in [4.78, 5) is 14.0. The van der Waals surface area contributed by atoms with E-state index in [0.29, 0.717) is 0 Å². The summed E-state index contributed by atoms with van der Waals surface area (Å²) < 4.78 is 4.79. The van der Waals surface area contributed by atoms with Gasteiger partial charge in [-0.15, -0.1) is 0 Å². The van der Waals surface area contributed by atoms with Gasteiger partial charge in [0.1, 0.15) is 0 Å². The third-order valence-electron chi connectivity index (χ3n) is 1.80. The average Bonchev–Trinajstić information content (AvgIpc) is 2.08. The normalized spacial score (nSPS) is 9.77. The van der Waals surface area contributed by atoms with Crippen molar-refractivity contribution in [3.63, 3.8) is 0 Å². The van der Waals surface area contributed by atoms with Crippen LogP contribution in [0.25, 0.3) is 0 Å². The first-order chi connectivity index (χ1) is 6.06. The lowest BCUT2D eigenvalue weighted by atomic mass is 10.2. The van der Waals surface area contributed by atoms with E-state index in [1.165, 1.54) is 13.2 Å². The predicted octanol–water partition coefficient (Wildman–Crippen LogP) is 1.62. The third kappa shape index (κ3) is 1.74. The molecular formula is C8H10N2O3. The van der Waals surface area contributed by atoms with Crippen LogP contribution in [0.15, 0.2) is 6.07 Å². The fourth-order valence-electron chi connectivity index (χ4n) is 0.950. The molecule has 0 bridgehead atoms. The molecule has 0 N–H and O–H groups in total. The highest BCUT2D eigenvalue weighted by molar-refractivity contribution is 5.44. The van der Waals surface area contributed by atoms with Crippen LogP contribution in [0.3, 0.4) is 0 Å². The van der Waals surface area contributed by atoms with Gasteiger partial charge >= 0.3 is 5.69 Å². The SMILES string of the molecule is COc1nc(C)c(C)cc1[N+](=O)[O-]. The van der Waals surface area contributed by atoms with E-state index in [0.717, 1.165) is 11.3 Å². The van der Waals surface area contributed by atoms with Crippen LogP contribution in [0, 0.1) is 24.0 Å². The van der Waals surface area contributed by atoms with E-state index in [2.05, 4.69) is 4.98 Å². The fraction of sp³-hybridized carbons (Fsp3) is 0.375.